The molecule has 2 aromatic carbocycles. The predicted molar refractivity (Wildman–Crippen MR) is 96.0 cm³/mol. The van der Waals surface area contributed by atoms with Gasteiger partial charge in [0.15, 0.2) is 0 Å². The number of benzene rings is 2. The van der Waals surface area contributed by atoms with E-state index in [1.165, 1.54) is 11.1 Å². The molecule has 0 saturated carbocycles. The van der Waals surface area contributed by atoms with Crippen LogP contribution in [0.25, 0.3) is 0 Å². The van der Waals surface area contributed by atoms with Crippen LogP contribution in [-0.4, -0.2) is 12.5 Å². The molecule has 0 bridgehead atoms. The number of unbranched alkanes of at least 4 members (excludes halogenated alkanes) is 1. The van der Waals surface area contributed by atoms with Crippen LogP contribution in [0, 0.1) is 13.8 Å². The van der Waals surface area contributed by atoms with Crippen molar-refractivity contribution in [2.24, 2.45) is 0 Å². The molecule has 1 heterocycles. The van der Waals surface area contributed by atoms with Crippen molar-refractivity contribution in [2.45, 2.75) is 39.7 Å². The lowest BCUT2D eigenvalue weighted by Gasteiger charge is -2.36. The van der Waals surface area contributed by atoms with Crippen molar-refractivity contribution >= 4 is 17.3 Å². The summed E-state index contributed by atoms with van der Waals surface area (Å²) in [6, 6.07) is 14.0. The summed E-state index contributed by atoms with van der Waals surface area (Å²) in [5.74, 6) is 0.139. The van der Waals surface area contributed by atoms with Gasteiger partial charge in [-0.25, -0.2) is 0 Å². The lowest BCUT2D eigenvalue weighted by atomic mass is 9.98. The van der Waals surface area contributed by atoms with E-state index >= 15 is 0 Å². The maximum atomic E-state index is 13.1. The van der Waals surface area contributed by atoms with Crippen LogP contribution in [-0.2, 0) is 4.79 Å². The van der Waals surface area contributed by atoms with Gasteiger partial charge in [-0.05, 0) is 49.1 Å². The summed E-state index contributed by atoms with van der Waals surface area (Å²) in [4.78, 5) is 15.0. The Labute approximate surface area is 138 Å². The zero-order chi connectivity index (χ0) is 16.4. The number of hydrogen-bond donors (Lipinski definition) is 1. The molecule has 0 saturated heterocycles. The molecular formula is C20H24N2O. The number of nitrogens with one attached hydrogen (secondary N) is 1. The zero-order valence-corrected chi connectivity index (χ0v) is 14.1. The van der Waals surface area contributed by atoms with Gasteiger partial charge < -0.3 is 10.2 Å². The summed E-state index contributed by atoms with van der Waals surface area (Å²) < 4.78 is 0. The average molecular weight is 308 g/mol. The van der Waals surface area contributed by atoms with Gasteiger partial charge in [-0.3, -0.25) is 4.79 Å². The van der Waals surface area contributed by atoms with E-state index in [0.717, 1.165) is 36.3 Å². The fourth-order valence-electron chi connectivity index (χ4n) is 3.05. The maximum absolute atomic E-state index is 13.1. The molecule has 0 spiro atoms. The Balaban J connectivity index is 2.04. The Bertz CT molecular complexity index is 709. The summed E-state index contributed by atoms with van der Waals surface area (Å²) in [6.07, 6.45) is 2.09. The van der Waals surface area contributed by atoms with E-state index in [0.29, 0.717) is 0 Å². The first-order chi connectivity index (χ1) is 11.1. The third kappa shape index (κ3) is 2.96. The first-order valence-corrected chi connectivity index (χ1v) is 8.36. The highest BCUT2D eigenvalue weighted by Gasteiger charge is 2.33. The molecule has 0 radical (unpaired) electrons. The van der Waals surface area contributed by atoms with Crippen molar-refractivity contribution < 1.29 is 4.79 Å². The van der Waals surface area contributed by atoms with Crippen molar-refractivity contribution in [3.63, 3.8) is 0 Å². The molecule has 3 heteroatoms. The molecule has 120 valence electrons. The summed E-state index contributed by atoms with van der Waals surface area (Å²) in [5, 5.41) is 3.45. The highest BCUT2D eigenvalue weighted by molar-refractivity contribution is 6.05. The van der Waals surface area contributed by atoms with Crippen LogP contribution in [0.1, 0.15) is 42.5 Å². The Kier molecular flexibility index (Phi) is 4.37. The average Bonchev–Trinajstić information content (AvgIpc) is 2.56. The quantitative estimate of drug-likeness (QED) is 0.895. The van der Waals surface area contributed by atoms with Crippen LogP contribution in [0.15, 0.2) is 42.5 Å². The minimum Gasteiger partial charge on any atom is -0.368 e. The number of carbonyl (C=O) groups is 1. The second kappa shape index (κ2) is 6.45. The molecule has 1 unspecified atom stereocenters. The largest absolute Gasteiger partial charge is 0.368 e. The fourth-order valence-corrected chi connectivity index (χ4v) is 3.05. The highest BCUT2D eigenvalue weighted by atomic mass is 16.2. The van der Waals surface area contributed by atoms with Gasteiger partial charge in [0.05, 0.1) is 11.4 Å². The van der Waals surface area contributed by atoms with Crippen LogP contribution in [0.3, 0.4) is 0 Å². The van der Waals surface area contributed by atoms with E-state index < -0.39 is 0 Å². The lowest BCUT2D eigenvalue weighted by Crippen LogP contribution is -2.42. The molecule has 1 amide bonds. The van der Waals surface area contributed by atoms with Crippen LogP contribution in [0.2, 0.25) is 0 Å². The van der Waals surface area contributed by atoms with Gasteiger partial charge in [0.2, 0.25) is 0 Å². The molecule has 0 fully saturated rings. The number of aryl methyl sites for hydroxylation is 2. The minimum atomic E-state index is -0.303. The van der Waals surface area contributed by atoms with Crippen molar-refractivity contribution in [1.82, 2.24) is 0 Å². The van der Waals surface area contributed by atoms with Crippen molar-refractivity contribution in [2.75, 3.05) is 16.8 Å². The van der Waals surface area contributed by atoms with Gasteiger partial charge in [-0.1, -0.05) is 43.7 Å². The summed E-state index contributed by atoms with van der Waals surface area (Å²) in [5.41, 5.74) is 5.55. The van der Waals surface area contributed by atoms with E-state index in [4.69, 9.17) is 0 Å². The molecule has 3 nitrogen and oxygen atoms in total. The zero-order valence-electron chi connectivity index (χ0n) is 14.1. The molecule has 0 aromatic heterocycles. The summed E-state index contributed by atoms with van der Waals surface area (Å²) >= 11 is 0. The second-order valence-corrected chi connectivity index (χ2v) is 6.29. The molecule has 0 aliphatic carbocycles. The summed E-state index contributed by atoms with van der Waals surface area (Å²) in [7, 11) is 0. The van der Waals surface area contributed by atoms with Crippen molar-refractivity contribution in [3.05, 3.63) is 59.2 Å². The standard InChI is InChI=1S/C20H24N2O/c1-4-5-11-22-18-13-15(3)14(2)12-17(18)21-19(20(22)23)16-9-7-6-8-10-16/h6-10,12-13,19,21H,4-5,11H2,1-3H3. The number of fused-ring (bicyclic) bond motifs is 1. The molecule has 1 N–H and O–H groups in total. The Morgan fingerprint density at radius 3 is 2.48 bits per heavy atom. The third-order valence-electron chi connectivity index (χ3n) is 4.58. The van der Waals surface area contributed by atoms with Gasteiger partial charge in [0.25, 0.3) is 5.91 Å². The SMILES string of the molecule is CCCCN1C(=O)C(c2ccccc2)Nc2cc(C)c(C)cc21. The monoisotopic (exact) mass is 308 g/mol. The molecule has 1 atom stereocenters. The maximum Gasteiger partial charge on any atom is 0.254 e. The first kappa shape index (κ1) is 15.6. The van der Waals surface area contributed by atoms with Crippen molar-refractivity contribution in [3.8, 4) is 0 Å². The van der Waals surface area contributed by atoms with E-state index in [9.17, 15) is 4.79 Å². The van der Waals surface area contributed by atoms with Crippen molar-refractivity contribution in [1.29, 1.82) is 0 Å². The molecular weight excluding hydrogens is 284 g/mol. The predicted octanol–water partition coefficient (Wildman–Crippen LogP) is 4.60. The topological polar surface area (TPSA) is 32.3 Å². The van der Waals surface area contributed by atoms with Gasteiger partial charge in [0, 0.05) is 6.54 Å². The number of hydrogen-bond acceptors (Lipinski definition) is 2. The van der Waals surface area contributed by atoms with Gasteiger partial charge in [0.1, 0.15) is 6.04 Å². The van der Waals surface area contributed by atoms with Gasteiger partial charge in [-0.2, -0.15) is 0 Å². The van der Waals surface area contributed by atoms with Crippen LogP contribution < -0.4 is 10.2 Å². The summed E-state index contributed by atoms with van der Waals surface area (Å²) in [6.45, 7) is 7.14. The normalized spacial score (nSPS) is 16.9. The fraction of sp³-hybridized carbons (Fsp3) is 0.350. The number of carbonyl (C=O) groups excluding carboxylic acids is 1. The van der Waals surface area contributed by atoms with Crippen LogP contribution >= 0.6 is 0 Å². The number of anilines is 2. The Morgan fingerprint density at radius 1 is 1.09 bits per heavy atom. The smallest absolute Gasteiger partial charge is 0.254 e. The Morgan fingerprint density at radius 2 is 1.78 bits per heavy atom. The van der Waals surface area contributed by atoms with E-state index in [-0.39, 0.29) is 11.9 Å². The van der Waals surface area contributed by atoms with Gasteiger partial charge >= 0.3 is 0 Å². The second-order valence-electron chi connectivity index (χ2n) is 6.29. The molecule has 1 aliphatic heterocycles. The van der Waals surface area contributed by atoms with Crippen LogP contribution in [0.5, 0.6) is 0 Å². The third-order valence-corrected chi connectivity index (χ3v) is 4.58. The number of nitrogens with zero attached hydrogens (tertiary/aromatic N) is 1. The molecule has 1 aliphatic rings. The minimum absolute atomic E-state index is 0.139. The molecule has 2 aromatic rings. The van der Waals surface area contributed by atoms with Crippen LogP contribution in [0.4, 0.5) is 11.4 Å². The Hall–Kier alpha value is -2.29. The van der Waals surface area contributed by atoms with Gasteiger partial charge in [-0.15, -0.1) is 0 Å². The number of amides is 1. The lowest BCUT2D eigenvalue weighted by molar-refractivity contribution is -0.119. The first-order valence-electron chi connectivity index (χ1n) is 8.36. The molecule has 3 rings (SSSR count). The number of rotatable bonds is 4. The van der Waals surface area contributed by atoms with E-state index in [1.54, 1.807) is 0 Å². The highest BCUT2D eigenvalue weighted by Crippen LogP contribution is 2.38. The van der Waals surface area contributed by atoms with E-state index in [1.807, 2.05) is 35.2 Å². The van der Waals surface area contributed by atoms with E-state index in [2.05, 4.69) is 38.2 Å². The molecule has 23 heavy (non-hydrogen) atoms.